The van der Waals surface area contributed by atoms with Gasteiger partial charge in [0.05, 0.1) is 12.7 Å². The average molecular weight is 407 g/mol. The first kappa shape index (κ1) is 19.2. The third-order valence-electron chi connectivity index (χ3n) is 4.88. The number of thioether (sulfide) groups is 1. The number of carbonyl (C=O) groups is 1. The Morgan fingerprint density at radius 3 is 2.79 bits per heavy atom. The number of amidine groups is 2. The predicted octanol–water partition coefficient (Wildman–Crippen LogP) is 4.13. The number of amides is 1. The molecule has 1 N–H and O–H groups in total. The number of nitrogens with one attached hydrogen (secondary N) is 1. The van der Waals surface area contributed by atoms with Gasteiger partial charge in [-0.2, -0.15) is 15.1 Å². The smallest absolute Gasteiger partial charge is 0.283 e. The number of hydrazone groups is 1. The summed E-state index contributed by atoms with van der Waals surface area (Å²) in [6, 6.07) is 9.81. The minimum Gasteiger partial charge on any atom is -0.497 e. The number of nitrogens with zero attached hydrogens (tertiary/aromatic N) is 4. The largest absolute Gasteiger partial charge is 0.497 e. The number of fused-ring (bicyclic) bond motifs is 1. The summed E-state index contributed by atoms with van der Waals surface area (Å²) in [7, 11) is 1.64. The van der Waals surface area contributed by atoms with Gasteiger partial charge in [-0.15, -0.1) is 0 Å². The second-order valence-electron chi connectivity index (χ2n) is 6.73. The number of aliphatic imine (C=N–C) groups is 1. The van der Waals surface area contributed by atoms with Crippen molar-refractivity contribution in [3.05, 3.63) is 52.9 Å². The lowest BCUT2D eigenvalue weighted by Crippen LogP contribution is -2.35. The summed E-state index contributed by atoms with van der Waals surface area (Å²) in [5.74, 6) is 0.423. The molecule has 7 nitrogen and oxygen atoms in total. The van der Waals surface area contributed by atoms with Crippen LogP contribution < -0.4 is 4.74 Å². The van der Waals surface area contributed by atoms with E-state index in [1.807, 2.05) is 51.1 Å². The SMILES string of the molecule is CCC1=NN2C(=N)/C(=C\c3cc(C)n(-c4cccc(OC)c4)c3C)C(=O)N=C2S1. The zero-order valence-electron chi connectivity index (χ0n) is 16.7. The molecule has 0 radical (unpaired) electrons. The summed E-state index contributed by atoms with van der Waals surface area (Å²) in [6.45, 7) is 5.98. The van der Waals surface area contributed by atoms with E-state index in [1.54, 1.807) is 13.2 Å². The number of aromatic nitrogens is 1. The van der Waals surface area contributed by atoms with Gasteiger partial charge in [0.15, 0.2) is 5.84 Å². The number of rotatable bonds is 4. The van der Waals surface area contributed by atoms with Crippen molar-refractivity contribution in [1.82, 2.24) is 9.58 Å². The third kappa shape index (κ3) is 3.29. The van der Waals surface area contributed by atoms with E-state index in [4.69, 9.17) is 10.1 Å². The molecule has 0 unspecified atom stereocenters. The Bertz CT molecular complexity index is 1130. The molecule has 0 spiro atoms. The van der Waals surface area contributed by atoms with Crippen LogP contribution in [0.1, 0.15) is 30.3 Å². The van der Waals surface area contributed by atoms with Gasteiger partial charge in [0.2, 0.25) is 5.17 Å². The van der Waals surface area contributed by atoms with Crippen LogP contribution in [0.3, 0.4) is 0 Å². The molecule has 0 fully saturated rings. The van der Waals surface area contributed by atoms with Crippen LogP contribution in [-0.4, -0.2) is 38.6 Å². The van der Waals surface area contributed by atoms with Crippen LogP contribution in [0.15, 0.2) is 46.0 Å². The van der Waals surface area contributed by atoms with Gasteiger partial charge < -0.3 is 9.30 Å². The van der Waals surface area contributed by atoms with Gasteiger partial charge in [0.1, 0.15) is 10.8 Å². The normalized spacial score (nSPS) is 17.5. The molecule has 0 atom stereocenters. The number of benzene rings is 1. The fourth-order valence-electron chi connectivity index (χ4n) is 3.41. The van der Waals surface area contributed by atoms with Crippen molar-refractivity contribution < 1.29 is 9.53 Å². The Balaban J connectivity index is 1.75. The lowest BCUT2D eigenvalue weighted by molar-refractivity contribution is -0.114. The van der Waals surface area contributed by atoms with Gasteiger partial charge in [0, 0.05) is 23.1 Å². The number of methoxy groups -OCH3 is 1. The zero-order valence-corrected chi connectivity index (χ0v) is 17.5. The molecule has 0 saturated heterocycles. The van der Waals surface area contributed by atoms with E-state index in [1.165, 1.54) is 16.8 Å². The maximum atomic E-state index is 12.6. The van der Waals surface area contributed by atoms with E-state index >= 15 is 0 Å². The molecule has 1 aromatic heterocycles. The zero-order chi connectivity index (χ0) is 20.7. The Morgan fingerprint density at radius 2 is 2.07 bits per heavy atom. The molecule has 0 bridgehead atoms. The molecule has 3 heterocycles. The molecule has 8 heteroatoms. The van der Waals surface area contributed by atoms with E-state index in [0.29, 0.717) is 5.17 Å². The highest BCUT2D eigenvalue weighted by molar-refractivity contribution is 8.26. The monoisotopic (exact) mass is 407 g/mol. The molecular formula is C21H21N5O2S. The minimum absolute atomic E-state index is 0.0575. The second-order valence-corrected chi connectivity index (χ2v) is 7.77. The standard InChI is InChI=1S/C21H21N5O2S/c1-5-18-24-26-19(22)17(20(27)23-21(26)29-18)10-14-9-12(2)25(13(14)3)15-7-6-8-16(11-15)28-4/h6-11,22H,5H2,1-4H3/b17-10+,22-19?. The average Bonchev–Trinajstić information content (AvgIpc) is 3.25. The Labute approximate surface area is 173 Å². The van der Waals surface area contributed by atoms with E-state index < -0.39 is 5.91 Å². The molecule has 1 aromatic carbocycles. The van der Waals surface area contributed by atoms with Crippen LogP contribution in [0.2, 0.25) is 0 Å². The first-order valence-corrected chi connectivity index (χ1v) is 10.1. The maximum Gasteiger partial charge on any atom is 0.283 e. The number of aryl methyl sites for hydroxylation is 1. The van der Waals surface area contributed by atoms with Crippen LogP contribution in [0, 0.1) is 19.3 Å². The molecule has 2 aromatic rings. The van der Waals surface area contributed by atoms with Crippen molar-refractivity contribution in [2.75, 3.05) is 7.11 Å². The van der Waals surface area contributed by atoms with Crippen LogP contribution in [0.25, 0.3) is 11.8 Å². The summed E-state index contributed by atoms with van der Waals surface area (Å²) in [6.07, 6.45) is 2.47. The highest BCUT2D eigenvalue weighted by Gasteiger charge is 2.35. The topological polar surface area (TPSA) is 83.0 Å². The van der Waals surface area contributed by atoms with Crippen LogP contribution in [0.5, 0.6) is 5.75 Å². The van der Waals surface area contributed by atoms with E-state index in [9.17, 15) is 4.79 Å². The molecule has 0 saturated carbocycles. The fourth-order valence-corrected chi connectivity index (χ4v) is 4.24. The van der Waals surface area contributed by atoms with Crippen molar-refractivity contribution in [3.63, 3.8) is 0 Å². The lowest BCUT2D eigenvalue weighted by Gasteiger charge is -2.20. The number of carbonyl (C=O) groups excluding carboxylic acids is 1. The first-order chi connectivity index (χ1) is 13.9. The van der Waals surface area contributed by atoms with Gasteiger partial charge in [-0.3, -0.25) is 10.2 Å². The Morgan fingerprint density at radius 1 is 1.28 bits per heavy atom. The number of hydrogen-bond acceptors (Lipinski definition) is 5. The lowest BCUT2D eigenvalue weighted by atomic mass is 10.1. The summed E-state index contributed by atoms with van der Waals surface area (Å²) in [5.41, 5.74) is 4.06. The highest BCUT2D eigenvalue weighted by atomic mass is 32.2. The van der Waals surface area contributed by atoms with Crippen molar-refractivity contribution in [1.29, 1.82) is 5.41 Å². The van der Waals surface area contributed by atoms with Gasteiger partial charge in [0.25, 0.3) is 5.91 Å². The fraction of sp³-hybridized carbons (Fsp3) is 0.238. The van der Waals surface area contributed by atoms with Gasteiger partial charge in [-0.1, -0.05) is 13.0 Å². The van der Waals surface area contributed by atoms with Gasteiger partial charge in [-0.05, 0) is 61.9 Å². The van der Waals surface area contributed by atoms with Crippen LogP contribution >= 0.6 is 11.8 Å². The third-order valence-corrected chi connectivity index (χ3v) is 5.93. The minimum atomic E-state index is -0.410. The second kappa shape index (κ2) is 7.36. The molecular weight excluding hydrogens is 386 g/mol. The Hall–Kier alpha value is -3.13. The molecule has 1 amide bonds. The molecule has 148 valence electrons. The van der Waals surface area contributed by atoms with Crippen molar-refractivity contribution in [2.45, 2.75) is 27.2 Å². The van der Waals surface area contributed by atoms with E-state index in [2.05, 4.69) is 14.7 Å². The van der Waals surface area contributed by atoms with Gasteiger partial charge >= 0.3 is 0 Å². The molecule has 0 aliphatic carbocycles. The molecule has 29 heavy (non-hydrogen) atoms. The first-order valence-electron chi connectivity index (χ1n) is 9.25. The summed E-state index contributed by atoms with van der Waals surface area (Å²) < 4.78 is 7.43. The summed E-state index contributed by atoms with van der Waals surface area (Å²) >= 11 is 1.34. The van der Waals surface area contributed by atoms with Crippen LogP contribution in [-0.2, 0) is 4.79 Å². The van der Waals surface area contributed by atoms with Crippen molar-refractivity contribution in [2.24, 2.45) is 10.1 Å². The van der Waals surface area contributed by atoms with Gasteiger partial charge in [-0.25, -0.2) is 0 Å². The van der Waals surface area contributed by atoms with E-state index in [-0.39, 0.29) is 11.4 Å². The van der Waals surface area contributed by atoms with Crippen LogP contribution in [0.4, 0.5) is 0 Å². The molecule has 2 aliphatic rings. The summed E-state index contributed by atoms with van der Waals surface area (Å²) in [4.78, 5) is 16.7. The molecule has 4 rings (SSSR count). The number of hydrogen-bond donors (Lipinski definition) is 1. The predicted molar refractivity (Wildman–Crippen MR) is 117 cm³/mol. The number of ether oxygens (including phenoxy) is 1. The summed E-state index contributed by atoms with van der Waals surface area (Å²) in [5, 5.41) is 15.6. The highest BCUT2D eigenvalue weighted by Crippen LogP contribution is 2.30. The van der Waals surface area contributed by atoms with Crippen molar-refractivity contribution in [3.8, 4) is 11.4 Å². The Kier molecular flexibility index (Phi) is 4.87. The quantitative estimate of drug-likeness (QED) is 0.773. The van der Waals surface area contributed by atoms with Crippen molar-refractivity contribution >= 4 is 39.8 Å². The maximum absolute atomic E-state index is 12.6. The molecule has 2 aliphatic heterocycles. The van der Waals surface area contributed by atoms with E-state index in [0.717, 1.165) is 39.9 Å².